The van der Waals surface area contributed by atoms with Crippen molar-refractivity contribution < 1.29 is 8.42 Å². The highest BCUT2D eigenvalue weighted by Crippen LogP contribution is 2.23. The maximum absolute atomic E-state index is 12.2. The molecule has 1 aromatic rings. The molecule has 7 heteroatoms. The molecule has 0 bridgehead atoms. The van der Waals surface area contributed by atoms with E-state index in [4.69, 9.17) is 5.73 Å². The van der Waals surface area contributed by atoms with E-state index in [9.17, 15) is 8.42 Å². The standard InChI is InChI=1S/C12H19BrN2O2S2/c1-9(8-18-2)7-15-19(16,17)12-4-3-10(6-14)5-11(12)13/h3-5,9,15H,6-8,14H2,1-2H3. The number of rotatable bonds is 7. The van der Waals surface area contributed by atoms with Crippen LogP contribution in [0.15, 0.2) is 27.6 Å². The van der Waals surface area contributed by atoms with E-state index in [-0.39, 0.29) is 4.90 Å². The zero-order valence-electron chi connectivity index (χ0n) is 11.0. The number of hydrogen-bond acceptors (Lipinski definition) is 4. The van der Waals surface area contributed by atoms with Crippen LogP contribution in [0.4, 0.5) is 0 Å². The summed E-state index contributed by atoms with van der Waals surface area (Å²) in [5, 5.41) is 0. The molecular weight excluding hydrogens is 348 g/mol. The summed E-state index contributed by atoms with van der Waals surface area (Å²) in [6.07, 6.45) is 2.01. The average molecular weight is 367 g/mol. The SMILES string of the molecule is CSCC(C)CNS(=O)(=O)c1ccc(CN)cc1Br. The lowest BCUT2D eigenvalue weighted by Crippen LogP contribution is -2.29. The number of halogens is 1. The molecule has 108 valence electrons. The highest BCUT2D eigenvalue weighted by Gasteiger charge is 2.18. The molecule has 0 spiro atoms. The fraction of sp³-hybridized carbons (Fsp3) is 0.500. The number of hydrogen-bond donors (Lipinski definition) is 2. The van der Waals surface area contributed by atoms with Gasteiger partial charge in [0.2, 0.25) is 10.0 Å². The lowest BCUT2D eigenvalue weighted by Gasteiger charge is -2.13. The first-order valence-electron chi connectivity index (χ1n) is 5.87. The minimum Gasteiger partial charge on any atom is -0.326 e. The number of sulfonamides is 1. The van der Waals surface area contributed by atoms with Gasteiger partial charge in [0, 0.05) is 17.6 Å². The largest absolute Gasteiger partial charge is 0.326 e. The van der Waals surface area contributed by atoms with Crippen LogP contribution in [0.5, 0.6) is 0 Å². The van der Waals surface area contributed by atoms with Crippen molar-refractivity contribution in [2.45, 2.75) is 18.4 Å². The Balaban J connectivity index is 2.83. The van der Waals surface area contributed by atoms with E-state index in [0.29, 0.717) is 23.5 Å². The van der Waals surface area contributed by atoms with Crippen LogP contribution in [0.2, 0.25) is 0 Å². The Morgan fingerprint density at radius 1 is 1.47 bits per heavy atom. The van der Waals surface area contributed by atoms with Gasteiger partial charge in [-0.05, 0) is 51.6 Å². The van der Waals surface area contributed by atoms with E-state index in [1.54, 1.807) is 30.0 Å². The molecule has 0 aliphatic heterocycles. The summed E-state index contributed by atoms with van der Waals surface area (Å²) in [5.74, 6) is 1.22. The molecule has 19 heavy (non-hydrogen) atoms. The van der Waals surface area contributed by atoms with Crippen LogP contribution in [0.1, 0.15) is 12.5 Å². The van der Waals surface area contributed by atoms with Gasteiger partial charge < -0.3 is 5.73 Å². The van der Waals surface area contributed by atoms with Gasteiger partial charge in [0.15, 0.2) is 0 Å². The molecule has 1 aromatic carbocycles. The summed E-state index contributed by atoms with van der Waals surface area (Å²) in [6, 6.07) is 5.04. The van der Waals surface area contributed by atoms with Crippen molar-refractivity contribution in [3.05, 3.63) is 28.2 Å². The third kappa shape index (κ3) is 5.07. The normalized spacial score (nSPS) is 13.5. The van der Waals surface area contributed by atoms with Gasteiger partial charge >= 0.3 is 0 Å². The van der Waals surface area contributed by atoms with E-state index in [0.717, 1.165) is 11.3 Å². The molecule has 1 rings (SSSR count). The summed E-state index contributed by atoms with van der Waals surface area (Å²) >= 11 is 4.99. The molecule has 0 amide bonds. The summed E-state index contributed by atoms with van der Waals surface area (Å²) in [6.45, 7) is 2.84. The van der Waals surface area contributed by atoms with Gasteiger partial charge in [-0.3, -0.25) is 0 Å². The number of benzene rings is 1. The van der Waals surface area contributed by atoms with E-state index in [1.807, 2.05) is 13.2 Å². The highest BCUT2D eigenvalue weighted by atomic mass is 79.9. The summed E-state index contributed by atoms with van der Waals surface area (Å²) in [5.41, 5.74) is 6.41. The van der Waals surface area contributed by atoms with Crippen LogP contribution in [0, 0.1) is 5.92 Å². The Morgan fingerprint density at radius 2 is 2.16 bits per heavy atom. The van der Waals surface area contributed by atoms with E-state index in [2.05, 4.69) is 20.7 Å². The Hall–Kier alpha value is -0.0800. The Labute approximate surface area is 127 Å². The van der Waals surface area contributed by atoms with Gasteiger partial charge in [0.05, 0.1) is 4.90 Å². The third-order valence-electron chi connectivity index (χ3n) is 2.59. The first-order chi connectivity index (χ1) is 8.90. The van der Waals surface area contributed by atoms with E-state index < -0.39 is 10.0 Å². The Kier molecular flexibility index (Phi) is 6.82. The molecule has 0 fully saturated rings. The van der Waals surface area contributed by atoms with E-state index >= 15 is 0 Å². The van der Waals surface area contributed by atoms with E-state index in [1.165, 1.54) is 0 Å². The first-order valence-corrected chi connectivity index (χ1v) is 9.54. The predicted octanol–water partition coefficient (Wildman–Crippen LogP) is 2.19. The van der Waals surface area contributed by atoms with Crippen molar-refractivity contribution in [3.8, 4) is 0 Å². The smallest absolute Gasteiger partial charge is 0.241 e. The van der Waals surface area contributed by atoms with Crippen LogP contribution < -0.4 is 10.5 Å². The molecule has 1 atom stereocenters. The number of nitrogens with one attached hydrogen (secondary N) is 1. The number of thioether (sulfide) groups is 1. The van der Waals surface area contributed by atoms with Gasteiger partial charge in [0.25, 0.3) is 0 Å². The molecular formula is C12H19BrN2O2S2. The van der Waals surface area contributed by atoms with Crippen molar-refractivity contribution in [1.82, 2.24) is 4.72 Å². The fourth-order valence-electron chi connectivity index (χ4n) is 1.56. The number of nitrogens with two attached hydrogens (primary N) is 1. The van der Waals surface area contributed by atoms with Crippen molar-refractivity contribution in [1.29, 1.82) is 0 Å². The van der Waals surface area contributed by atoms with Gasteiger partial charge in [-0.1, -0.05) is 13.0 Å². The molecule has 0 aliphatic carbocycles. The van der Waals surface area contributed by atoms with Gasteiger partial charge in [-0.25, -0.2) is 13.1 Å². The monoisotopic (exact) mass is 366 g/mol. The molecule has 3 N–H and O–H groups in total. The van der Waals surface area contributed by atoms with Crippen LogP contribution in [0.25, 0.3) is 0 Å². The predicted molar refractivity (Wildman–Crippen MR) is 84.8 cm³/mol. The maximum Gasteiger partial charge on any atom is 0.241 e. The molecule has 0 heterocycles. The molecule has 1 unspecified atom stereocenters. The fourth-order valence-corrected chi connectivity index (χ4v) is 4.54. The molecule has 0 saturated carbocycles. The lowest BCUT2D eigenvalue weighted by atomic mass is 10.2. The van der Waals surface area contributed by atoms with Crippen LogP contribution >= 0.6 is 27.7 Å². The van der Waals surface area contributed by atoms with Crippen LogP contribution in [0.3, 0.4) is 0 Å². The maximum atomic E-state index is 12.2. The topological polar surface area (TPSA) is 72.2 Å². The average Bonchev–Trinajstić information content (AvgIpc) is 2.36. The third-order valence-corrected chi connectivity index (χ3v) is 5.90. The minimum absolute atomic E-state index is 0.251. The van der Waals surface area contributed by atoms with Crippen LogP contribution in [-0.4, -0.2) is 27.0 Å². The molecule has 0 saturated heterocycles. The van der Waals surface area contributed by atoms with Gasteiger partial charge in [-0.15, -0.1) is 0 Å². The summed E-state index contributed by atoms with van der Waals surface area (Å²) in [4.78, 5) is 0.251. The van der Waals surface area contributed by atoms with Crippen molar-refractivity contribution >= 4 is 37.7 Å². The Morgan fingerprint density at radius 3 is 2.68 bits per heavy atom. The molecule has 0 radical (unpaired) electrons. The summed E-state index contributed by atoms with van der Waals surface area (Å²) < 4.78 is 27.5. The van der Waals surface area contributed by atoms with Gasteiger partial charge in [-0.2, -0.15) is 11.8 Å². The second-order valence-electron chi connectivity index (χ2n) is 4.38. The highest BCUT2D eigenvalue weighted by molar-refractivity contribution is 9.10. The quantitative estimate of drug-likeness (QED) is 0.775. The van der Waals surface area contributed by atoms with Crippen molar-refractivity contribution in [3.63, 3.8) is 0 Å². The second-order valence-corrected chi connectivity index (χ2v) is 7.88. The zero-order chi connectivity index (χ0) is 14.5. The van der Waals surface area contributed by atoms with Crippen LogP contribution in [-0.2, 0) is 16.6 Å². The molecule has 4 nitrogen and oxygen atoms in total. The zero-order valence-corrected chi connectivity index (χ0v) is 14.2. The summed E-state index contributed by atoms with van der Waals surface area (Å²) in [7, 11) is -3.48. The van der Waals surface area contributed by atoms with Crippen molar-refractivity contribution in [2.24, 2.45) is 11.7 Å². The molecule has 0 aromatic heterocycles. The van der Waals surface area contributed by atoms with Crippen molar-refractivity contribution in [2.75, 3.05) is 18.6 Å². The lowest BCUT2D eigenvalue weighted by molar-refractivity contribution is 0.562. The Bertz CT molecular complexity index is 520. The minimum atomic E-state index is -3.48. The van der Waals surface area contributed by atoms with Gasteiger partial charge in [0.1, 0.15) is 0 Å². The molecule has 0 aliphatic rings. The first kappa shape index (κ1) is 17.0. The second kappa shape index (κ2) is 7.64.